The first-order valence-corrected chi connectivity index (χ1v) is 5.82. The van der Waals surface area contributed by atoms with Crippen LogP contribution in [0.2, 0.25) is 0 Å². The molecule has 0 N–H and O–H groups in total. The van der Waals surface area contributed by atoms with E-state index >= 15 is 0 Å². The number of rotatable bonds is 5. The highest BCUT2D eigenvalue weighted by Crippen LogP contribution is 2.41. The monoisotopic (exact) mass is 237 g/mol. The fraction of sp³-hybridized carbons (Fsp3) is 0.538. The maximum Gasteiger partial charge on any atom is 0.231 e. The van der Waals surface area contributed by atoms with E-state index in [0.717, 1.165) is 36.6 Å². The maximum absolute atomic E-state index is 5.40. The Bertz CT molecular complexity index is 390. The molecule has 1 heterocycles. The summed E-state index contributed by atoms with van der Waals surface area (Å²) in [6.07, 6.45) is 2.14. The van der Waals surface area contributed by atoms with Crippen LogP contribution in [0.1, 0.15) is 12.0 Å². The van der Waals surface area contributed by atoms with Crippen LogP contribution in [0.5, 0.6) is 17.2 Å². The second-order valence-corrected chi connectivity index (χ2v) is 4.44. The fourth-order valence-corrected chi connectivity index (χ4v) is 1.93. The van der Waals surface area contributed by atoms with Gasteiger partial charge in [-0.25, -0.2) is 0 Å². The first-order valence-electron chi connectivity index (χ1n) is 5.82. The molecule has 0 aliphatic carbocycles. The van der Waals surface area contributed by atoms with Crippen molar-refractivity contribution in [3.05, 3.63) is 17.7 Å². The van der Waals surface area contributed by atoms with Gasteiger partial charge < -0.3 is 19.1 Å². The summed E-state index contributed by atoms with van der Waals surface area (Å²) in [5.74, 6) is 2.29. The minimum absolute atomic E-state index is 0.285. The first-order chi connectivity index (χ1) is 8.20. The molecule has 1 aromatic rings. The molecule has 0 fully saturated rings. The third kappa shape index (κ3) is 2.82. The lowest BCUT2D eigenvalue weighted by molar-refractivity contribution is 0.171. The van der Waals surface area contributed by atoms with Crippen LogP contribution in [0.3, 0.4) is 0 Å². The molecule has 2 rings (SSSR count). The predicted molar refractivity (Wildman–Crippen MR) is 66.0 cm³/mol. The number of hydrogen-bond donors (Lipinski definition) is 0. The van der Waals surface area contributed by atoms with E-state index in [-0.39, 0.29) is 6.79 Å². The van der Waals surface area contributed by atoms with Crippen molar-refractivity contribution in [1.82, 2.24) is 4.90 Å². The molecule has 0 aromatic heterocycles. The van der Waals surface area contributed by atoms with Gasteiger partial charge in [0.1, 0.15) is 0 Å². The summed E-state index contributed by atoms with van der Waals surface area (Å²) in [6.45, 7) is 1.36. The van der Waals surface area contributed by atoms with Crippen molar-refractivity contribution in [3.63, 3.8) is 0 Å². The van der Waals surface area contributed by atoms with Gasteiger partial charge in [-0.15, -0.1) is 0 Å². The topological polar surface area (TPSA) is 30.9 Å². The average molecular weight is 237 g/mol. The van der Waals surface area contributed by atoms with Gasteiger partial charge in [-0.2, -0.15) is 0 Å². The van der Waals surface area contributed by atoms with Gasteiger partial charge in [-0.3, -0.25) is 0 Å². The molecule has 4 nitrogen and oxygen atoms in total. The van der Waals surface area contributed by atoms with Gasteiger partial charge in [0.15, 0.2) is 11.5 Å². The average Bonchev–Trinajstić information content (AvgIpc) is 2.75. The summed E-state index contributed by atoms with van der Waals surface area (Å²) in [6, 6.07) is 4.07. The lowest BCUT2D eigenvalue weighted by Gasteiger charge is -2.10. The van der Waals surface area contributed by atoms with Crippen molar-refractivity contribution in [2.24, 2.45) is 0 Å². The number of ether oxygens (including phenoxy) is 3. The van der Waals surface area contributed by atoms with Gasteiger partial charge in [0, 0.05) is 0 Å². The smallest absolute Gasteiger partial charge is 0.231 e. The molecule has 17 heavy (non-hydrogen) atoms. The Labute approximate surface area is 102 Å². The summed E-state index contributed by atoms with van der Waals surface area (Å²) in [4.78, 5) is 2.18. The largest absolute Gasteiger partial charge is 0.493 e. The van der Waals surface area contributed by atoms with E-state index in [0.29, 0.717) is 0 Å². The number of aryl methyl sites for hydroxylation is 1. The quantitative estimate of drug-likeness (QED) is 0.783. The Morgan fingerprint density at radius 2 is 2.12 bits per heavy atom. The standard InChI is InChI=1S/C13H19NO3/c1-14(2)6-4-5-10-7-11(15-3)13-12(8-10)16-9-17-13/h7-8H,4-6,9H2,1-3H3. The van der Waals surface area contributed by atoms with Crippen LogP contribution in [0.4, 0.5) is 0 Å². The zero-order valence-electron chi connectivity index (χ0n) is 10.7. The molecule has 0 unspecified atom stereocenters. The molecule has 0 saturated heterocycles. The predicted octanol–water partition coefficient (Wildman–Crippen LogP) is 1.92. The molecule has 1 aliphatic rings. The van der Waals surface area contributed by atoms with Crippen molar-refractivity contribution < 1.29 is 14.2 Å². The molecule has 0 atom stereocenters. The van der Waals surface area contributed by atoms with Crippen molar-refractivity contribution in [2.45, 2.75) is 12.8 Å². The van der Waals surface area contributed by atoms with E-state index in [1.54, 1.807) is 7.11 Å². The minimum atomic E-state index is 0.285. The van der Waals surface area contributed by atoms with Crippen LogP contribution < -0.4 is 14.2 Å². The minimum Gasteiger partial charge on any atom is -0.493 e. The second kappa shape index (κ2) is 5.27. The molecule has 4 heteroatoms. The van der Waals surface area contributed by atoms with Crippen LogP contribution >= 0.6 is 0 Å². The van der Waals surface area contributed by atoms with Gasteiger partial charge >= 0.3 is 0 Å². The molecular formula is C13H19NO3. The van der Waals surface area contributed by atoms with Crippen molar-refractivity contribution in [3.8, 4) is 17.2 Å². The van der Waals surface area contributed by atoms with E-state index in [2.05, 4.69) is 19.0 Å². The number of fused-ring (bicyclic) bond motifs is 1. The zero-order valence-corrected chi connectivity index (χ0v) is 10.7. The summed E-state index contributed by atoms with van der Waals surface area (Å²) in [7, 11) is 5.82. The fourth-order valence-electron chi connectivity index (χ4n) is 1.93. The van der Waals surface area contributed by atoms with E-state index < -0.39 is 0 Å². The lowest BCUT2D eigenvalue weighted by Crippen LogP contribution is -2.13. The Balaban J connectivity index is 2.08. The van der Waals surface area contributed by atoms with Gasteiger partial charge in [-0.05, 0) is 51.2 Å². The first kappa shape index (κ1) is 12.0. The van der Waals surface area contributed by atoms with E-state index in [4.69, 9.17) is 14.2 Å². The number of benzene rings is 1. The summed E-state index contributed by atoms with van der Waals surface area (Å²) < 4.78 is 16.1. The van der Waals surface area contributed by atoms with E-state index in [9.17, 15) is 0 Å². The summed E-state index contributed by atoms with van der Waals surface area (Å²) in [5, 5.41) is 0. The van der Waals surface area contributed by atoms with Crippen molar-refractivity contribution >= 4 is 0 Å². The van der Waals surface area contributed by atoms with E-state index in [1.165, 1.54) is 5.56 Å². The highest BCUT2D eigenvalue weighted by Gasteiger charge is 2.19. The van der Waals surface area contributed by atoms with Crippen LogP contribution in [0.15, 0.2) is 12.1 Å². The highest BCUT2D eigenvalue weighted by atomic mass is 16.7. The molecular weight excluding hydrogens is 218 g/mol. The second-order valence-electron chi connectivity index (χ2n) is 4.44. The Morgan fingerprint density at radius 1 is 1.29 bits per heavy atom. The maximum atomic E-state index is 5.40. The molecule has 0 spiro atoms. The van der Waals surface area contributed by atoms with Gasteiger partial charge in [0.2, 0.25) is 12.5 Å². The van der Waals surface area contributed by atoms with Crippen LogP contribution in [-0.2, 0) is 6.42 Å². The molecule has 0 saturated carbocycles. The number of nitrogens with zero attached hydrogens (tertiary/aromatic N) is 1. The molecule has 0 radical (unpaired) electrons. The Morgan fingerprint density at radius 3 is 2.82 bits per heavy atom. The number of hydrogen-bond acceptors (Lipinski definition) is 4. The Kier molecular flexibility index (Phi) is 3.74. The van der Waals surface area contributed by atoms with Crippen molar-refractivity contribution in [1.29, 1.82) is 0 Å². The van der Waals surface area contributed by atoms with Gasteiger partial charge in [0.25, 0.3) is 0 Å². The Hall–Kier alpha value is -1.42. The van der Waals surface area contributed by atoms with Gasteiger partial charge in [0.05, 0.1) is 7.11 Å². The zero-order chi connectivity index (χ0) is 12.3. The SMILES string of the molecule is COc1cc(CCCN(C)C)cc2c1OCO2. The number of methoxy groups -OCH3 is 1. The third-order valence-electron chi connectivity index (χ3n) is 2.79. The van der Waals surface area contributed by atoms with Crippen LogP contribution in [-0.4, -0.2) is 39.4 Å². The molecule has 94 valence electrons. The van der Waals surface area contributed by atoms with Crippen LogP contribution in [0, 0.1) is 0 Å². The molecule has 0 bridgehead atoms. The highest BCUT2D eigenvalue weighted by molar-refractivity contribution is 5.55. The normalized spacial score (nSPS) is 13.2. The lowest BCUT2D eigenvalue weighted by atomic mass is 10.1. The molecule has 1 aromatic carbocycles. The van der Waals surface area contributed by atoms with Gasteiger partial charge in [-0.1, -0.05) is 0 Å². The third-order valence-corrected chi connectivity index (χ3v) is 2.79. The van der Waals surface area contributed by atoms with E-state index in [1.807, 2.05) is 12.1 Å². The summed E-state index contributed by atoms with van der Waals surface area (Å²) in [5.41, 5.74) is 1.23. The van der Waals surface area contributed by atoms with Crippen molar-refractivity contribution in [2.75, 3.05) is 34.5 Å². The molecule has 0 amide bonds. The molecule has 1 aliphatic heterocycles. The summed E-state index contributed by atoms with van der Waals surface area (Å²) >= 11 is 0. The van der Waals surface area contributed by atoms with Crippen LogP contribution in [0.25, 0.3) is 0 Å².